The monoisotopic (exact) mass is 230 g/mol. The van der Waals surface area contributed by atoms with Crippen molar-refractivity contribution in [3.63, 3.8) is 0 Å². The Hall–Kier alpha value is -1.26. The number of hydrogen-bond donors (Lipinski definition) is 1. The Balaban J connectivity index is 2.03. The molecule has 1 heterocycles. The number of nitrogens with zero attached hydrogens (tertiary/aromatic N) is 1. The molecule has 1 aliphatic carbocycles. The Kier molecular flexibility index (Phi) is 3.03. The Labute approximate surface area is 91.9 Å². The fourth-order valence-electron chi connectivity index (χ4n) is 1.84. The summed E-state index contributed by atoms with van der Waals surface area (Å²) in [5.74, 6) is -3.07. The van der Waals surface area contributed by atoms with Crippen LogP contribution in [0, 0.1) is 23.5 Å². The lowest BCUT2D eigenvalue weighted by atomic mass is 10.2. The van der Waals surface area contributed by atoms with E-state index in [4.69, 9.17) is 0 Å². The molecule has 1 aromatic rings. The minimum atomic E-state index is -1.27. The number of rotatable bonds is 4. The third-order valence-corrected chi connectivity index (χ3v) is 2.79. The average Bonchev–Trinajstić information content (AvgIpc) is 2.94. The van der Waals surface area contributed by atoms with Gasteiger partial charge in [0.25, 0.3) is 5.95 Å². The van der Waals surface area contributed by atoms with Crippen LogP contribution in [0.2, 0.25) is 0 Å². The van der Waals surface area contributed by atoms with Crippen LogP contribution in [0.5, 0.6) is 0 Å². The van der Waals surface area contributed by atoms with Gasteiger partial charge in [-0.25, -0.2) is 8.78 Å². The van der Waals surface area contributed by atoms with Crippen LogP contribution >= 0.6 is 0 Å². The number of hydrogen-bond acceptors (Lipinski definition) is 2. The zero-order valence-corrected chi connectivity index (χ0v) is 8.93. The fourth-order valence-corrected chi connectivity index (χ4v) is 1.84. The SMILES string of the molecule is CCCC1CC1Nc1nc(F)c(F)cc1F. The van der Waals surface area contributed by atoms with E-state index in [9.17, 15) is 13.2 Å². The predicted octanol–water partition coefficient (Wildman–Crippen LogP) is 3.10. The molecular formula is C11H13F3N2. The Morgan fingerprint density at radius 3 is 2.81 bits per heavy atom. The van der Waals surface area contributed by atoms with Crippen molar-refractivity contribution in [3.05, 3.63) is 23.6 Å². The van der Waals surface area contributed by atoms with E-state index in [1.54, 1.807) is 0 Å². The minimum Gasteiger partial charge on any atom is -0.365 e. The lowest BCUT2D eigenvalue weighted by molar-refractivity contribution is 0.466. The van der Waals surface area contributed by atoms with Gasteiger partial charge in [-0.05, 0) is 18.8 Å². The first-order chi connectivity index (χ1) is 7.61. The summed E-state index contributed by atoms with van der Waals surface area (Å²) in [6, 6.07) is 0.661. The molecule has 1 aromatic heterocycles. The highest BCUT2D eigenvalue weighted by molar-refractivity contribution is 5.39. The van der Waals surface area contributed by atoms with Crippen molar-refractivity contribution in [1.82, 2.24) is 4.98 Å². The Bertz CT molecular complexity index is 395. The van der Waals surface area contributed by atoms with Gasteiger partial charge in [-0.15, -0.1) is 0 Å². The van der Waals surface area contributed by atoms with Gasteiger partial charge in [0, 0.05) is 12.1 Å². The Morgan fingerprint density at radius 1 is 1.38 bits per heavy atom. The van der Waals surface area contributed by atoms with Gasteiger partial charge in [0.2, 0.25) is 0 Å². The molecule has 88 valence electrons. The van der Waals surface area contributed by atoms with Crippen molar-refractivity contribution < 1.29 is 13.2 Å². The summed E-state index contributed by atoms with van der Waals surface area (Å²) in [5, 5.41) is 2.79. The van der Waals surface area contributed by atoms with Crippen molar-refractivity contribution in [1.29, 1.82) is 0 Å². The Morgan fingerprint density at radius 2 is 2.12 bits per heavy atom. The predicted molar refractivity (Wildman–Crippen MR) is 54.5 cm³/mol. The molecule has 0 aromatic carbocycles. The molecule has 1 saturated carbocycles. The molecule has 0 amide bonds. The van der Waals surface area contributed by atoms with E-state index in [-0.39, 0.29) is 11.9 Å². The summed E-state index contributed by atoms with van der Waals surface area (Å²) in [6.45, 7) is 2.08. The zero-order valence-electron chi connectivity index (χ0n) is 8.93. The molecular weight excluding hydrogens is 217 g/mol. The van der Waals surface area contributed by atoms with Gasteiger partial charge in [-0.1, -0.05) is 13.3 Å². The highest BCUT2D eigenvalue weighted by Crippen LogP contribution is 2.37. The third kappa shape index (κ3) is 2.28. The van der Waals surface area contributed by atoms with Crippen LogP contribution in [0.15, 0.2) is 6.07 Å². The summed E-state index contributed by atoms with van der Waals surface area (Å²) in [4.78, 5) is 3.22. The summed E-state index contributed by atoms with van der Waals surface area (Å²) >= 11 is 0. The summed E-state index contributed by atoms with van der Waals surface area (Å²) in [5.41, 5.74) is 0. The molecule has 0 saturated heterocycles. The third-order valence-electron chi connectivity index (χ3n) is 2.79. The summed E-state index contributed by atoms with van der Waals surface area (Å²) < 4.78 is 38.6. The highest BCUT2D eigenvalue weighted by atomic mass is 19.2. The maximum absolute atomic E-state index is 13.2. The van der Waals surface area contributed by atoms with E-state index in [1.165, 1.54) is 0 Å². The van der Waals surface area contributed by atoms with Crippen LogP contribution in [0.25, 0.3) is 0 Å². The van der Waals surface area contributed by atoms with Gasteiger partial charge in [0.1, 0.15) is 0 Å². The van der Waals surface area contributed by atoms with E-state index in [0.29, 0.717) is 12.0 Å². The molecule has 2 atom stereocenters. The zero-order chi connectivity index (χ0) is 11.7. The first kappa shape index (κ1) is 11.2. The van der Waals surface area contributed by atoms with Gasteiger partial charge < -0.3 is 5.32 Å². The van der Waals surface area contributed by atoms with E-state index in [0.717, 1.165) is 19.3 Å². The summed E-state index contributed by atoms with van der Waals surface area (Å²) in [7, 11) is 0. The van der Waals surface area contributed by atoms with Crippen LogP contribution < -0.4 is 5.32 Å². The molecule has 1 N–H and O–H groups in total. The molecule has 2 rings (SSSR count). The largest absolute Gasteiger partial charge is 0.365 e. The van der Waals surface area contributed by atoms with Crippen LogP contribution in [0.1, 0.15) is 26.2 Å². The maximum Gasteiger partial charge on any atom is 0.251 e. The van der Waals surface area contributed by atoms with Gasteiger partial charge >= 0.3 is 0 Å². The first-order valence-electron chi connectivity index (χ1n) is 5.40. The van der Waals surface area contributed by atoms with E-state index >= 15 is 0 Å². The molecule has 0 aliphatic heterocycles. The van der Waals surface area contributed by atoms with Crippen molar-refractivity contribution in [3.8, 4) is 0 Å². The minimum absolute atomic E-state index is 0.145. The number of halogens is 3. The topological polar surface area (TPSA) is 24.9 Å². The van der Waals surface area contributed by atoms with Crippen molar-refractivity contribution in [2.45, 2.75) is 32.2 Å². The van der Waals surface area contributed by atoms with E-state index < -0.39 is 17.6 Å². The second-order valence-corrected chi connectivity index (χ2v) is 4.13. The highest BCUT2D eigenvalue weighted by Gasteiger charge is 2.36. The van der Waals surface area contributed by atoms with E-state index in [1.807, 2.05) is 0 Å². The van der Waals surface area contributed by atoms with Gasteiger partial charge in [-0.2, -0.15) is 9.37 Å². The molecule has 1 fully saturated rings. The smallest absolute Gasteiger partial charge is 0.251 e. The fraction of sp³-hybridized carbons (Fsp3) is 0.545. The van der Waals surface area contributed by atoms with Crippen molar-refractivity contribution in [2.24, 2.45) is 5.92 Å². The first-order valence-corrected chi connectivity index (χ1v) is 5.40. The molecule has 1 aliphatic rings. The van der Waals surface area contributed by atoms with Crippen LogP contribution in [-0.2, 0) is 0 Å². The molecule has 5 heteroatoms. The van der Waals surface area contributed by atoms with Crippen molar-refractivity contribution in [2.75, 3.05) is 5.32 Å². The van der Waals surface area contributed by atoms with Gasteiger partial charge in [-0.3, -0.25) is 0 Å². The lowest BCUT2D eigenvalue weighted by Gasteiger charge is -2.06. The quantitative estimate of drug-likeness (QED) is 0.804. The van der Waals surface area contributed by atoms with Crippen LogP contribution in [-0.4, -0.2) is 11.0 Å². The number of anilines is 1. The standard InChI is InChI=1S/C11H13F3N2/c1-2-3-6-4-9(6)15-11-8(13)5-7(12)10(14)16-11/h5-6,9H,2-4H2,1H3,(H,15,16). The maximum atomic E-state index is 13.2. The molecule has 16 heavy (non-hydrogen) atoms. The number of pyridine rings is 1. The molecule has 2 nitrogen and oxygen atoms in total. The number of aromatic nitrogens is 1. The van der Waals surface area contributed by atoms with Crippen molar-refractivity contribution >= 4 is 5.82 Å². The van der Waals surface area contributed by atoms with Gasteiger partial charge in [0.15, 0.2) is 17.5 Å². The summed E-state index contributed by atoms with van der Waals surface area (Å²) in [6.07, 6.45) is 3.06. The molecule has 0 radical (unpaired) electrons. The number of nitrogens with one attached hydrogen (secondary N) is 1. The average molecular weight is 230 g/mol. The molecule has 2 unspecified atom stereocenters. The van der Waals surface area contributed by atoms with E-state index in [2.05, 4.69) is 17.2 Å². The molecule has 0 bridgehead atoms. The second kappa shape index (κ2) is 4.31. The lowest BCUT2D eigenvalue weighted by Crippen LogP contribution is -2.10. The van der Waals surface area contributed by atoms with Crippen LogP contribution in [0.4, 0.5) is 19.0 Å². The second-order valence-electron chi connectivity index (χ2n) is 4.13. The van der Waals surface area contributed by atoms with Crippen LogP contribution in [0.3, 0.4) is 0 Å². The van der Waals surface area contributed by atoms with Gasteiger partial charge in [0.05, 0.1) is 0 Å². The molecule has 0 spiro atoms. The normalized spacial score (nSPS) is 23.2.